The van der Waals surface area contributed by atoms with Crippen LogP contribution in [-0.4, -0.2) is 40.6 Å². The van der Waals surface area contributed by atoms with Crippen LogP contribution in [0.2, 0.25) is 0 Å². The van der Waals surface area contributed by atoms with Crippen LogP contribution in [0.1, 0.15) is 33.2 Å². The molecule has 0 bridgehead atoms. The van der Waals surface area contributed by atoms with Gasteiger partial charge in [-0.2, -0.15) is 0 Å². The van der Waals surface area contributed by atoms with Crippen LogP contribution < -0.4 is 14.4 Å². The number of anilines is 2. The molecule has 0 fully saturated rings. The molecule has 0 spiro atoms. The van der Waals surface area contributed by atoms with Gasteiger partial charge in [0.05, 0.1) is 35.4 Å². The maximum atomic E-state index is 13.4. The van der Waals surface area contributed by atoms with E-state index in [2.05, 4.69) is 5.32 Å². The van der Waals surface area contributed by atoms with E-state index in [4.69, 9.17) is 9.47 Å². The molecule has 1 amide bonds. The standard InChI is InChI=1S/C23H22N2O6S2/c1-3-31-23(27)17-11-13-32-22(17)24-21(26)18-14-16(8-9-20(18)30-2)33(28,29)25-12-10-15-6-4-5-7-19(15)25/h4-9,11,13-14H,3,10,12H2,1-2H3,(H,24,26). The number of amides is 1. The predicted octanol–water partition coefficient (Wildman–Crippen LogP) is 3.94. The SMILES string of the molecule is CCOC(=O)c1ccsc1NC(=O)c1cc(S(=O)(=O)N2CCc3ccccc32)ccc1OC. The lowest BCUT2D eigenvalue weighted by molar-refractivity contribution is 0.0528. The number of hydrogen-bond donors (Lipinski definition) is 1. The van der Waals surface area contributed by atoms with E-state index < -0.39 is 21.9 Å². The molecule has 3 aromatic rings. The number of fused-ring (bicyclic) bond motifs is 1. The number of para-hydroxylation sites is 1. The molecule has 0 aliphatic carbocycles. The lowest BCUT2D eigenvalue weighted by atomic mass is 10.2. The first-order valence-electron chi connectivity index (χ1n) is 10.2. The molecule has 1 aromatic heterocycles. The van der Waals surface area contributed by atoms with Crippen molar-refractivity contribution < 1.29 is 27.5 Å². The summed E-state index contributed by atoms with van der Waals surface area (Å²) in [6.07, 6.45) is 0.619. The Balaban J connectivity index is 1.66. The number of rotatable bonds is 7. The van der Waals surface area contributed by atoms with E-state index in [9.17, 15) is 18.0 Å². The van der Waals surface area contributed by atoms with Crippen LogP contribution in [0.25, 0.3) is 0 Å². The number of carbonyl (C=O) groups excluding carboxylic acids is 2. The Morgan fingerprint density at radius 2 is 1.91 bits per heavy atom. The molecule has 2 aromatic carbocycles. The summed E-state index contributed by atoms with van der Waals surface area (Å²) in [7, 11) is -2.50. The van der Waals surface area contributed by atoms with Crippen molar-refractivity contribution in [1.82, 2.24) is 0 Å². The van der Waals surface area contributed by atoms with Gasteiger partial charge in [0.25, 0.3) is 15.9 Å². The highest BCUT2D eigenvalue weighted by Gasteiger charge is 2.31. The number of methoxy groups -OCH3 is 1. The summed E-state index contributed by atoms with van der Waals surface area (Å²) in [5, 5.41) is 4.64. The van der Waals surface area contributed by atoms with Crippen LogP contribution in [0.4, 0.5) is 10.7 Å². The predicted molar refractivity (Wildman–Crippen MR) is 126 cm³/mol. The number of benzene rings is 2. The number of thiophene rings is 1. The van der Waals surface area contributed by atoms with Gasteiger partial charge in [-0.25, -0.2) is 13.2 Å². The summed E-state index contributed by atoms with van der Waals surface area (Å²) < 4.78 is 38.5. The Morgan fingerprint density at radius 1 is 1.12 bits per heavy atom. The quantitative estimate of drug-likeness (QED) is 0.508. The molecule has 0 radical (unpaired) electrons. The number of ether oxygens (including phenoxy) is 2. The first-order valence-corrected chi connectivity index (χ1v) is 12.5. The van der Waals surface area contributed by atoms with Crippen molar-refractivity contribution in [3.05, 3.63) is 70.6 Å². The number of nitrogens with one attached hydrogen (secondary N) is 1. The van der Waals surface area contributed by atoms with Gasteiger partial charge in [0.1, 0.15) is 10.8 Å². The van der Waals surface area contributed by atoms with Crippen molar-refractivity contribution in [2.45, 2.75) is 18.2 Å². The Morgan fingerprint density at radius 3 is 2.67 bits per heavy atom. The van der Waals surface area contributed by atoms with E-state index in [1.54, 1.807) is 30.5 Å². The van der Waals surface area contributed by atoms with Crippen LogP contribution in [0, 0.1) is 0 Å². The van der Waals surface area contributed by atoms with Gasteiger partial charge >= 0.3 is 5.97 Å². The fraction of sp³-hybridized carbons (Fsp3) is 0.217. The normalized spacial score (nSPS) is 12.8. The smallest absolute Gasteiger partial charge is 0.341 e. The fourth-order valence-electron chi connectivity index (χ4n) is 3.66. The van der Waals surface area contributed by atoms with Gasteiger partial charge in [0, 0.05) is 6.54 Å². The summed E-state index contributed by atoms with van der Waals surface area (Å²) >= 11 is 1.16. The summed E-state index contributed by atoms with van der Waals surface area (Å²) in [5.74, 6) is -0.939. The monoisotopic (exact) mass is 486 g/mol. The third kappa shape index (κ3) is 4.31. The number of nitrogens with zero attached hydrogens (tertiary/aromatic N) is 1. The number of esters is 1. The third-order valence-corrected chi connectivity index (χ3v) is 7.87. The Hall–Kier alpha value is -3.37. The molecule has 1 aliphatic heterocycles. The van der Waals surface area contributed by atoms with E-state index in [0.29, 0.717) is 23.7 Å². The van der Waals surface area contributed by atoms with E-state index in [1.165, 1.54) is 29.6 Å². The van der Waals surface area contributed by atoms with Crippen LogP contribution in [0.3, 0.4) is 0 Å². The van der Waals surface area contributed by atoms with Gasteiger partial charge < -0.3 is 14.8 Å². The fourth-order valence-corrected chi connectivity index (χ4v) is 5.96. The molecule has 2 heterocycles. The lowest BCUT2D eigenvalue weighted by Crippen LogP contribution is -2.29. The van der Waals surface area contributed by atoms with Crippen molar-refractivity contribution in [3.63, 3.8) is 0 Å². The Labute approximate surface area is 195 Å². The van der Waals surface area contributed by atoms with Crippen molar-refractivity contribution in [3.8, 4) is 5.75 Å². The van der Waals surface area contributed by atoms with Crippen LogP contribution in [0.5, 0.6) is 5.75 Å². The summed E-state index contributed by atoms with van der Waals surface area (Å²) in [5.41, 5.74) is 1.86. The zero-order valence-electron chi connectivity index (χ0n) is 18.0. The largest absolute Gasteiger partial charge is 0.496 e. The van der Waals surface area contributed by atoms with E-state index >= 15 is 0 Å². The molecule has 33 heavy (non-hydrogen) atoms. The minimum absolute atomic E-state index is 0.0260. The maximum Gasteiger partial charge on any atom is 0.341 e. The second-order valence-electron chi connectivity index (χ2n) is 7.16. The summed E-state index contributed by atoms with van der Waals surface area (Å²) in [6.45, 7) is 2.22. The Kier molecular flexibility index (Phi) is 6.39. The van der Waals surface area contributed by atoms with Crippen molar-refractivity contribution in [2.24, 2.45) is 0 Å². The molecule has 0 saturated carbocycles. The molecule has 172 valence electrons. The van der Waals surface area contributed by atoms with Crippen molar-refractivity contribution in [1.29, 1.82) is 0 Å². The molecule has 0 atom stereocenters. The van der Waals surface area contributed by atoms with E-state index in [-0.39, 0.29) is 28.4 Å². The summed E-state index contributed by atoms with van der Waals surface area (Å²) in [6, 6.07) is 13.1. The third-order valence-electron chi connectivity index (χ3n) is 5.24. The minimum Gasteiger partial charge on any atom is -0.496 e. The van der Waals surface area contributed by atoms with E-state index in [0.717, 1.165) is 16.9 Å². The average Bonchev–Trinajstić information content (AvgIpc) is 3.46. The molecule has 0 unspecified atom stereocenters. The van der Waals surface area contributed by atoms with Gasteiger partial charge in [-0.1, -0.05) is 18.2 Å². The summed E-state index contributed by atoms with van der Waals surface area (Å²) in [4.78, 5) is 25.2. The molecule has 1 aliphatic rings. The molecule has 1 N–H and O–H groups in total. The van der Waals surface area contributed by atoms with Gasteiger partial charge in [-0.3, -0.25) is 9.10 Å². The molecule has 8 nitrogen and oxygen atoms in total. The zero-order chi connectivity index (χ0) is 23.6. The Bertz CT molecular complexity index is 1320. The molecular weight excluding hydrogens is 464 g/mol. The van der Waals surface area contributed by atoms with Gasteiger partial charge in [0.15, 0.2) is 0 Å². The van der Waals surface area contributed by atoms with Crippen molar-refractivity contribution >= 4 is 43.9 Å². The average molecular weight is 487 g/mol. The second-order valence-corrected chi connectivity index (χ2v) is 9.93. The molecule has 0 saturated heterocycles. The number of carbonyl (C=O) groups is 2. The molecule has 10 heteroatoms. The number of hydrogen-bond acceptors (Lipinski definition) is 7. The highest BCUT2D eigenvalue weighted by molar-refractivity contribution is 7.92. The van der Waals surface area contributed by atoms with E-state index in [1.807, 2.05) is 12.1 Å². The van der Waals surface area contributed by atoms with Crippen molar-refractivity contribution in [2.75, 3.05) is 29.9 Å². The number of sulfonamides is 1. The molecule has 4 rings (SSSR count). The zero-order valence-corrected chi connectivity index (χ0v) is 19.7. The minimum atomic E-state index is -3.90. The maximum absolute atomic E-state index is 13.4. The first-order chi connectivity index (χ1) is 15.9. The highest BCUT2D eigenvalue weighted by atomic mass is 32.2. The van der Waals surface area contributed by atoms with Crippen LogP contribution in [-0.2, 0) is 21.2 Å². The van der Waals surface area contributed by atoms with Gasteiger partial charge in [-0.15, -0.1) is 11.3 Å². The topological polar surface area (TPSA) is 102 Å². The second kappa shape index (κ2) is 9.24. The van der Waals surface area contributed by atoms with Crippen LogP contribution >= 0.6 is 11.3 Å². The highest BCUT2D eigenvalue weighted by Crippen LogP contribution is 2.34. The van der Waals surface area contributed by atoms with Gasteiger partial charge in [-0.05, 0) is 54.6 Å². The van der Waals surface area contributed by atoms with Crippen LogP contribution in [0.15, 0.2) is 58.8 Å². The molecular formula is C23H22N2O6S2. The lowest BCUT2D eigenvalue weighted by Gasteiger charge is -2.20. The van der Waals surface area contributed by atoms with Gasteiger partial charge in [0.2, 0.25) is 0 Å². The first kappa shape index (κ1) is 22.8.